The Morgan fingerprint density at radius 3 is 2.69 bits per heavy atom. The molecular formula is C11H7NO4. The Labute approximate surface area is 90.7 Å². The van der Waals surface area contributed by atoms with Crippen molar-refractivity contribution in [1.82, 2.24) is 5.32 Å². The summed E-state index contributed by atoms with van der Waals surface area (Å²) in [4.78, 5) is 22.4. The summed E-state index contributed by atoms with van der Waals surface area (Å²) in [7, 11) is 0. The summed E-state index contributed by atoms with van der Waals surface area (Å²) in [5, 5.41) is 2.19. The number of carbonyl (C=O) groups excluding carboxylic acids is 2. The normalized spacial score (nSPS) is 17.4. The van der Waals surface area contributed by atoms with Crippen molar-refractivity contribution in [2.45, 2.75) is 0 Å². The monoisotopic (exact) mass is 217 g/mol. The molecule has 0 saturated heterocycles. The van der Waals surface area contributed by atoms with Crippen molar-refractivity contribution < 1.29 is 19.1 Å². The van der Waals surface area contributed by atoms with E-state index in [9.17, 15) is 9.59 Å². The fraction of sp³-hybridized carbons (Fsp3) is 0.0909. The number of nitrogens with one attached hydrogen (secondary N) is 1. The minimum Gasteiger partial charge on any atom is -0.454 e. The van der Waals surface area contributed by atoms with E-state index in [0.717, 1.165) is 0 Å². The lowest BCUT2D eigenvalue weighted by molar-refractivity contribution is -0.123. The molecule has 2 heterocycles. The minimum absolute atomic E-state index is 0.183. The first-order valence-corrected chi connectivity index (χ1v) is 4.71. The molecule has 16 heavy (non-hydrogen) atoms. The molecule has 0 bridgehead atoms. The van der Waals surface area contributed by atoms with E-state index in [1.54, 1.807) is 18.2 Å². The molecule has 0 radical (unpaired) electrons. The van der Waals surface area contributed by atoms with Gasteiger partial charge in [0.15, 0.2) is 11.5 Å². The molecule has 0 saturated carbocycles. The Balaban J connectivity index is 2.05. The van der Waals surface area contributed by atoms with Gasteiger partial charge in [0.2, 0.25) is 6.79 Å². The zero-order chi connectivity index (χ0) is 11.1. The van der Waals surface area contributed by atoms with Gasteiger partial charge in [0.05, 0.1) is 5.57 Å². The Bertz CT molecular complexity index is 533. The van der Waals surface area contributed by atoms with Crippen molar-refractivity contribution in [2.24, 2.45) is 0 Å². The molecular weight excluding hydrogens is 210 g/mol. The molecule has 0 unspecified atom stereocenters. The van der Waals surface area contributed by atoms with E-state index in [0.29, 0.717) is 22.6 Å². The molecule has 2 aliphatic heterocycles. The van der Waals surface area contributed by atoms with Crippen LogP contribution in [0.2, 0.25) is 0 Å². The van der Waals surface area contributed by atoms with Gasteiger partial charge < -0.3 is 9.47 Å². The van der Waals surface area contributed by atoms with Crippen molar-refractivity contribution >= 4 is 17.4 Å². The van der Waals surface area contributed by atoms with E-state index in [1.165, 1.54) is 6.08 Å². The molecule has 80 valence electrons. The van der Waals surface area contributed by atoms with Crippen molar-refractivity contribution in [3.8, 4) is 11.5 Å². The average Bonchev–Trinajstić information content (AvgIpc) is 2.83. The Kier molecular flexibility index (Phi) is 1.73. The van der Waals surface area contributed by atoms with Crippen LogP contribution in [-0.2, 0) is 9.59 Å². The van der Waals surface area contributed by atoms with Gasteiger partial charge >= 0.3 is 0 Å². The highest BCUT2D eigenvalue weighted by Gasteiger charge is 2.24. The molecule has 0 aromatic heterocycles. The molecule has 2 amide bonds. The molecule has 1 N–H and O–H groups in total. The van der Waals surface area contributed by atoms with E-state index in [4.69, 9.17) is 9.47 Å². The molecule has 3 rings (SSSR count). The summed E-state index contributed by atoms with van der Waals surface area (Å²) in [6.45, 7) is 0.183. The number of hydrogen-bond acceptors (Lipinski definition) is 4. The third kappa shape index (κ3) is 1.25. The van der Waals surface area contributed by atoms with Gasteiger partial charge in [0, 0.05) is 6.08 Å². The van der Waals surface area contributed by atoms with Crippen molar-refractivity contribution in [2.75, 3.05) is 6.79 Å². The molecule has 5 heteroatoms. The van der Waals surface area contributed by atoms with Crippen LogP contribution in [0.1, 0.15) is 5.56 Å². The highest BCUT2D eigenvalue weighted by atomic mass is 16.7. The molecule has 2 aliphatic rings. The van der Waals surface area contributed by atoms with Crippen LogP contribution in [0, 0.1) is 0 Å². The third-order valence-electron chi connectivity index (χ3n) is 2.44. The maximum absolute atomic E-state index is 11.4. The standard InChI is InChI=1S/C11H7NO4/c13-10-4-7(11(14)12-10)6-1-2-8-9(3-6)16-5-15-8/h1-4H,5H2,(H,12,13,14). The molecule has 0 aliphatic carbocycles. The highest BCUT2D eigenvalue weighted by molar-refractivity contribution is 6.33. The van der Waals surface area contributed by atoms with Crippen molar-refractivity contribution in [1.29, 1.82) is 0 Å². The second kappa shape index (κ2) is 3.10. The first-order valence-electron chi connectivity index (χ1n) is 4.71. The van der Waals surface area contributed by atoms with Crippen LogP contribution in [0.3, 0.4) is 0 Å². The smallest absolute Gasteiger partial charge is 0.258 e. The van der Waals surface area contributed by atoms with E-state index in [-0.39, 0.29) is 12.7 Å². The summed E-state index contributed by atoms with van der Waals surface area (Å²) in [5.74, 6) is 0.459. The zero-order valence-corrected chi connectivity index (χ0v) is 8.15. The fourth-order valence-electron chi connectivity index (χ4n) is 1.69. The van der Waals surface area contributed by atoms with Gasteiger partial charge in [0.1, 0.15) is 0 Å². The Hall–Kier alpha value is -2.30. The number of carbonyl (C=O) groups is 2. The number of imide groups is 1. The molecule has 5 nitrogen and oxygen atoms in total. The third-order valence-corrected chi connectivity index (χ3v) is 2.44. The van der Waals surface area contributed by atoms with Gasteiger partial charge in [0.25, 0.3) is 11.8 Å². The summed E-state index contributed by atoms with van der Waals surface area (Å²) < 4.78 is 10.3. The zero-order valence-electron chi connectivity index (χ0n) is 8.15. The molecule has 1 aromatic carbocycles. The number of ether oxygens (including phenoxy) is 2. The van der Waals surface area contributed by atoms with Crippen LogP contribution in [0.15, 0.2) is 24.3 Å². The molecule has 0 fully saturated rings. The van der Waals surface area contributed by atoms with Crippen molar-refractivity contribution in [3.05, 3.63) is 29.8 Å². The number of rotatable bonds is 1. The second-order valence-electron chi connectivity index (χ2n) is 3.44. The predicted octanol–water partition coefficient (Wildman–Crippen LogP) is 0.455. The van der Waals surface area contributed by atoms with Crippen LogP contribution < -0.4 is 14.8 Å². The van der Waals surface area contributed by atoms with Crippen LogP contribution in [0.25, 0.3) is 5.57 Å². The SMILES string of the molecule is O=C1C=C(c2ccc3c(c2)OCO3)C(=O)N1. The van der Waals surface area contributed by atoms with Gasteiger partial charge in [-0.2, -0.15) is 0 Å². The van der Waals surface area contributed by atoms with E-state index < -0.39 is 5.91 Å². The van der Waals surface area contributed by atoms with Crippen LogP contribution in [0.5, 0.6) is 11.5 Å². The molecule has 0 atom stereocenters. The Morgan fingerprint density at radius 2 is 1.94 bits per heavy atom. The second-order valence-corrected chi connectivity index (χ2v) is 3.44. The average molecular weight is 217 g/mol. The maximum Gasteiger partial charge on any atom is 0.258 e. The minimum atomic E-state index is -0.391. The highest BCUT2D eigenvalue weighted by Crippen LogP contribution is 2.34. The van der Waals surface area contributed by atoms with Gasteiger partial charge in [-0.25, -0.2) is 0 Å². The lowest BCUT2D eigenvalue weighted by Crippen LogP contribution is -2.21. The lowest BCUT2D eigenvalue weighted by atomic mass is 10.1. The van der Waals surface area contributed by atoms with E-state index in [2.05, 4.69) is 5.32 Å². The van der Waals surface area contributed by atoms with Crippen molar-refractivity contribution in [3.63, 3.8) is 0 Å². The quantitative estimate of drug-likeness (QED) is 0.694. The summed E-state index contributed by atoms with van der Waals surface area (Å²) >= 11 is 0. The van der Waals surface area contributed by atoms with Gasteiger partial charge in [-0.05, 0) is 17.7 Å². The molecule has 1 aromatic rings. The van der Waals surface area contributed by atoms with Gasteiger partial charge in [-0.3, -0.25) is 14.9 Å². The molecule has 0 spiro atoms. The first kappa shape index (κ1) is 8.96. The summed E-state index contributed by atoms with van der Waals surface area (Å²) in [5.41, 5.74) is 0.996. The van der Waals surface area contributed by atoms with Crippen LogP contribution in [0.4, 0.5) is 0 Å². The van der Waals surface area contributed by atoms with Crippen LogP contribution in [-0.4, -0.2) is 18.6 Å². The van der Waals surface area contributed by atoms with Gasteiger partial charge in [-0.1, -0.05) is 6.07 Å². The van der Waals surface area contributed by atoms with Gasteiger partial charge in [-0.15, -0.1) is 0 Å². The number of fused-ring (bicyclic) bond motifs is 1. The Morgan fingerprint density at radius 1 is 1.12 bits per heavy atom. The number of hydrogen-bond donors (Lipinski definition) is 1. The summed E-state index contributed by atoms with van der Waals surface area (Å²) in [6.07, 6.45) is 1.28. The van der Waals surface area contributed by atoms with E-state index >= 15 is 0 Å². The largest absolute Gasteiger partial charge is 0.454 e. The van der Waals surface area contributed by atoms with E-state index in [1.807, 2.05) is 0 Å². The number of amides is 2. The number of benzene rings is 1. The fourth-order valence-corrected chi connectivity index (χ4v) is 1.69. The topological polar surface area (TPSA) is 64.6 Å². The maximum atomic E-state index is 11.4. The first-order chi connectivity index (χ1) is 7.74. The van der Waals surface area contributed by atoms with Crippen LogP contribution >= 0.6 is 0 Å². The lowest BCUT2D eigenvalue weighted by Gasteiger charge is -2.01. The predicted molar refractivity (Wildman–Crippen MR) is 53.7 cm³/mol. The summed E-state index contributed by atoms with van der Waals surface area (Å²) in [6, 6.07) is 5.12.